The van der Waals surface area contributed by atoms with Crippen LogP contribution in [0.25, 0.3) is 0 Å². The molecule has 0 spiro atoms. The van der Waals surface area contributed by atoms with E-state index in [9.17, 15) is 14.4 Å². The third kappa shape index (κ3) is 3.06. The fourth-order valence-corrected chi connectivity index (χ4v) is 3.20. The Hall–Kier alpha value is -3.44. The zero-order valence-corrected chi connectivity index (χ0v) is 15.6. The predicted molar refractivity (Wildman–Crippen MR) is 105 cm³/mol. The first kappa shape index (κ1) is 17.9. The molecular weight excluding hydrogens is 378 g/mol. The van der Waals surface area contributed by atoms with E-state index in [1.54, 1.807) is 36.4 Å². The van der Waals surface area contributed by atoms with Crippen LogP contribution < -0.4 is 9.64 Å². The quantitative estimate of drug-likeness (QED) is 0.370. The Balaban J connectivity index is 1.64. The molecule has 2 amide bonds. The van der Waals surface area contributed by atoms with Crippen LogP contribution in [0.1, 0.15) is 36.6 Å². The second-order valence-electron chi connectivity index (χ2n) is 6.34. The molecule has 0 fully saturated rings. The number of imide groups is 1. The molecule has 5 nitrogen and oxygen atoms in total. The molecule has 28 heavy (non-hydrogen) atoms. The fourth-order valence-electron chi connectivity index (χ4n) is 3.07. The van der Waals surface area contributed by atoms with Crippen LogP contribution in [0.4, 0.5) is 5.69 Å². The number of esters is 1. The Morgan fingerprint density at radius 3 is 2.29 bits per heavy atom. The van der Waals surface area contributed by atoms with Crippen molar-refractivity contribution in [1.82, 2.24) is 0 Å². The zero-order valence-electron chi connectivity index (χ0n) is 14.8. The second-order valence-corrected chi connectivity index (χ2v) is 6.77. The highest BCUT2D eigenvalue weighted by Gasteiger charge is 2.37. The summed E-state index contributed by atoms with van der Waals surface area (Å²) in [4.78, 5) is 39.2. The number of hydrogen-bond acceptors (Lipinski definition) is 4. The number of aryl methyl sites for hydroxylation is 1. The van der Waals surface area contributed by atoms with Gasteiger partial charge in [0.2, 0.25) is 0 Å². The summed E-state index contributed by atoms with van der Waals surface area (Å²) in [5, 5.41) is 0.526. The molecule has 4 rings (SSSR count). The highest BCUT2D eigenvalue weighted by atomic mass is 35.5. The molecule has 138 valence electrons. The first-order valence-electron chi connectivity index (χ1n) is 8.52. The Morgan fingerprint density at radius 1 is 0.893 bits per heavy atom. The standard InChI is InChI=1S/C22H14ClNO4/c1-13-4-2-3-5-19(13)24-20(25)17-11-6-14(12-18(17)21(24)26)22(27)28-16-9-7-15(23)8-10-16/h2-12H,1H3. The predicted octanol–water partition coefficient (Wildman–Crippen LogP) is 4.67. The molecule has 0 saturated carbocycles. The normalized spacial score (nSPS) is 12.9. The largest absolute Gasteiger partial charge is 0.423 e. The maximum absolute atomic E-state index is 12.9. The topological polar surface area (TPSA) is 63.7 Å². The monoisotopic (exact) mass is 391 g/mol. The lowest BCUT2D eigenvalue weighted by atomic mass is 10.1. The van der Waals surface area contributed by atoms with Crippen LogP contribution in [0, 0.1) is 6.92 Å². The van der Waals surface area contributed by atoms with Crippen molar-refractivity contribution >= 4 is 35.1 Å². The molecule has 0 aromatic heterocycles. The van der Waals surface area contributed by atoms with Crippen LogP contribution in [0.3, 0.4) is 0 Å². The highest BCUT2D eigenvalue weighted by molar-refractivity contribution is 6.35. The van der Waals surface area contributed by atoms with Gasteiger partial charge in [-0.25, -0.2) is 9.69 Å². The van der Waals surface area contributed by atoms with E-state index in [0.717, 1.165) is 10.5 Å². The number of fused-ring (bicyclic) bond motifs is 1. The van der Waals surface area contributed by atoms with Crippen molar-refractivity contribution in [3.63, 3.8) is 0 Å². The lowest BCUT2D eigenvalue weighted by molar-refractivity contribution is 0.0734. The summed E-state index contributed by atoms with van der Waals surface area (Å²) in [6, 6.07) is 17.8. The summed E-state index contributed by atoms with van der Waals surface area (Å²) >= 11 is 5.82. The summed E-state index contributed by atoms with van der Waals surface area (Å²) in [6.45, 7) is 1.83. The maximum atomic E-state index is 12.9. The van der Waals surface area contributed by atoms with Crippen LogP contribution in [-0.4, -0.2) is 17.8 Å². The van der Waals surface area contributed by atoms with Crippen LogP contribution in [0.15, 0.2) is 66.7 Å². The molecule has 1 aliphatic heterocycles. The number of benzene rings is 3. The molecule has 0 aliphatic carbocycles. The van der Waals surface area contributed by atoms with Crippen molar-refractivity contribution in [3.05, 3.63) is 94.0 Å². The van der Waals surface area contributed by atoms with E-state index in [2.05, 4.69) is 0 Å². The summed E-state index contributed by atoms with van der Waals surface area (Å²) in [5.74, 6) is -1.17. The number of hydrogen-bond donors (Lipinski definition) is 0. The number of halogens is 1. The van der Waals surface area contributed by atoms with Crippen molar-refractivity contribution in [2.45, 2.75) is 6.92 Å². The van der Waals surface area contributed by atoms with E-state index in [-0.39, 0.29) is 16.7 Å². The number of rotatable bonds is 3. The van der Waals surface area contributed by atoms with Gasteiger partial charge >= 0.3 is 5.97 Å². The van der Waals surface area contributed by atoms with Gasteiger partial charge in [0.15, 0.2) is 0 Å². The van der Waals surface area contributed by atoms with Crippen molar-refractivity contribution in [1.29, 1.82) is 0 Å². The highest BCUT2D eigenvalue weighted by Crippen LogP contribution is 2.31. The number of anilines is 1. The fraction of sp³-hybridized carbons (Fsp3) is 0.0455. The SMILES string of the molecule is Cc1ccccc1N1C(=O)c2ccc(C(=O)Oc3ccc(Cl)cc3)cc2C1=O. The van der Waals surface area contributed by atoms with Gasteiger partial charge in [-0.2, -0.15) is 0 Å². The van der Waals surface area contributed by atoms with Gasteiger partial charge in [0.1, 0.15) is 5.75 Å². The van der Waals surface area contributed by atoms with Crippen LogP contribution in [0.2, 0.25) is 5.02 Å². The lowest BCUT2D eigenvalue weighted by Crippen LogP contribution is -2.29. The van der Waals surface area contributed by atoms with Gasteiger partial charge in [0.25, 0.3) is 11.8 Å². The van der Waals surface area contributed by atoms with E-state index in [1.807, 2.05) is 19.1 Å². The summed E-state index contributed by atoms with van der Waals surface area (Å²) in [5.41, 5.74) is 1.95. The third-order valence-electron chi connectivity index (χ3n) is 4.50. The van der Waals surface area contributed by atoms with Gasteiger partial charge in [-0.15, -0.1) is 0 Å². The molecular formula is C22H14ClNO4. The number of nitrogens with zero attached hydrogens (tertiary/aromatic N) is 1. The molecule has 0 N–H and O–H groups in total. The van der Waals surface area contributed by atoms with Gasteiger partial charge < -0.3 is 4.74 Å². The van der Waals surface area contributed by atoms with Crippen LogP contribution >= 0.6 is 11.6 Å². The molecule has 0 unspecified atom stereocenters. The summed E-state index contributed by atoms with van der Waals surface area (Å²) < 4.78 is 5.30. The number of amides is 2. The van der Waals surface area contributed by atoms with E-state index >= 15 is 0 Å². The van der Waals surface area contributed by atoms with Crippen molar-refractivity contribution in [2.75, 3.05) is 4.90 Å². The lowest BCUT2D eigenvalue weighted by Gasteiger charge is -2.16. The molecule has 6 heteroatoms. The average molecular weight is 392 g/mol. The first-order valence-corrected chi connectivity index (χ1v) is 8.90. The Kier molecular flexibility index (Phi) is 4.45. The van der Waals surface area contributed by atoms with Gasteiger partial charge in [0, 0.05) is 5.02 Å². The molecule has 0 saturated heterocycles. The van der Waals surface area contributed by atoms with Gasteiger partial charge in [-0.05, 0) is 61.0 Å². The van der Waals surface area contributed by atoms with Gasteiger partial charge in [-0.3, -0.25) is 9.59 Å². The molecule has 0 atom stereocenters. The number of para-hydroxylation sites is 1. The van der Waals surface area contributed by atoms with Crippen molar-refractivity contribution in [3.8, 4) is 5.75 Å². The van der Waals surface area contributed by atoms with Crippen molar-refractivity contribution in [2.24, 2.45) is 0 Å². The molecule has 1 aliphatic rings. The van der Waals surface area contributed by atoms with Gasteiger partial charge in [-0.1, -0.05) is 29.8 Å². The van der Waals surface area contributed by atoms with E-state index in [4.69, 9.17) is 16.3 Å². The third-order valence-corrected chi connectivity index (χ3v) is 4.75. The number of carbonyl (C=O) groups is 3. The van der Waals surface area contributed by atoms with Gasteiger partial charge in [0.05, 0.1) is 22.4 Å². The Morgan fingerprint density at radius 2 is 1.57 bits per heavy atom. The van der Waals surface area contributed by atoms with E-state index < -0.39 is 17.8 Å². The van der Waals surface area contributed by atoms with Crippen LogP contribution in [-0.2, 0) is 0 Å². The molecule has 3 aromatic carbocycles. The molecule has 0 bridgehead atoms. The molecule has 3 aromatic rings. The maximum Gasteiger partial charge on any atom is 0.343 e. The minimum atomic E-state index is -0.625. The molecule has 0 radical (unpaired) electrons. The summed E-state index contributed by atoms with van der Waals surface area (Å²) in [6.07, 6.45) is 0. The number of carbonyl (C=O) groups excluding carboxylic acids is 3. The van der Waals surface area contributed by atoms with E-state index in [1.165, 1.54) is 18.2 Å². The zero-order chi connectivity index (χ0) is 19.8. The first-order chi connectivity index (χ1) is 13.5. The Bertz CT molecular complexity index is 1120. The Labute approximate surface area is 166 Å². The minimum Gasteiger partial charge on any atom is -0.423 e. The molecule has 1 heterocycles. The van der Waals surface area contributed by atoms with Crippen molar-refractivity contribution < 1.29 is 19.1 Å². The summed E-state index contributed by atoms with van der Waals surface area (Å²) in [7, 11) is 0. The van der Waals surface area contributed by atoms with E-state index in [0.29, 0.717) is 16.5 Å². The second kappa shape index (κ2) is 6.94. The average Bonchev–Trinajstić information content (AvgIpc) is 2.94. The van der Waals surface area contributed by atoms with Crippen LogP contribution in [0.5, 0.6) is 5.75 Å². The minimum absolute atomic E-state index is 0.179. The smallest absolute Gasteiger partial charge is 0.343 e. The number of ether oxygens (including phenoxy) is 1.